The molecule has 0 aromatic carbocycles. The zero-order valence-electron chi connectivity index (χ0n) is 12.9. The molecule has 24 heavy (non-hydrogen) atoms. The van der Waals surface area contributed by atoms with E-state index in [2.05, 4.69) is 15.2 Å². The summed E-state index contributed by atoms with van der Waals surface area (Å²) in [5.41, 5.74) is -0.337. The average molecular weight is 346 g/mol. The van der Waals surface area contributed by atoms with Gasteiger partial charge < -0.3 is 9.42 Å². The van der Waals surface area contributed by atoms with E-state index in [1.807, 2.05) is 24.4 Å². The van der Waals surface area contributed by atoms with E-state index < -0.39 is 0 Å². The fraction of sp³-hybridized carbons (Fsp3) is 0.357. The summed E-state index contributed by atoms with van der Waals surface area (Å²) >= 11 is 1.49. The van der Waals surface area contributed by atoms with Crippen LogP contribution in [0.4, 0.5) is 0 Å². The van der Waals surface area contributed by atoms with Gasteiger partial charge in [-0.25, -0.2) is 9.48 Å². The molecule has 124 valence electrons. The van der Waals surface area contributed by atoms with Gasteiger partial charge >= 0.3 is 5.69 Å². The number of rotatable bonds is 4. The molecule has 0 fully saturated rings. The molecule has 0 spiro atoms. The fourth-order valence-corrected chi connectivity index (χ4v) is 3.27. The van der Waals surface area contributed by atoms with Crippen LogP contribution in [-0.4, -0.2) is 48.4 Å². The Hall–Kier alpha value is -2.75. The maximum atomic E-state index is 12.4. The van der Waals surface area contributed by atoms with Crippen molar-refractivity contribution in [3.05, 3.63) is 39.6 Å². The normalized spacial score (nSPS) is 14.2. The predicted molar refractivity (Wildman–Crippen MR) is 84.8 cm³/mol. The van der Waals surface area contributed by atoms with E-state index in [0.29, 0.717) is 31.3 Å². The number of aromatic nitrogens is 5. The fourth-order valence-electron chi connectivity index (χ4n) is 2.62. The monoisotopic (exact) mass is 346 g/mol. The molecular weight excluding hydrogens is 332 g/mol. The lowest BCUT2D eigenvalue weighted by atomic mass is 10.3. The van der Waals surface area contributed by atoms with Crippen LogP contribution in [0, 0.1) is 0 Å². The van der Waals surface area contributed by atoms with Crippen LogP contribution in [0.3, 0.4) is 0 Å². The molecule has 4 rings (SSSR count). The second-order valence-corrected chi connectivity index (χ2v) is 6.24. The zero-order chi connectivity index (χ0) is 16.7. The van der Waals surface area contributed by atoms with E-state index in [9.17, 15) is 9.59 Å². The van der Waals surface area contributed by atoms with Crippen molar-refractivity contribution in [3.8, 4) is 10.8 Å². The first-order valence-corrected chi connectivity index (χ1v) is 8.38. The molecular formula is C14H14N6O3S. The van der Waals surface area contributed by atoms with Crippen LogP contribution < -0.4 is 5.69 Å². The van der Waals surface area contributed by atoms with E-state index in [1.54, 1.807) is 4.90 Å². The highest BCUT2D eigenvalue weighted by molar-refractivity contribution is 7.13. The Morgan fingerprint density at radius 1 is 1.33 bits per heavy atom. The second kappa shape index (κ2) is 5.71. The van der Waals surface area contributed by atoms with E-state index >= 15 is 0 Å². The van der Waals surface area contributed by atoms with Crippen molar-refractivity contribution in [1.29, 1.82) is 0 Å². The van der Waals surface area contributed by atoms with Crippen molar-refractivity contribution in [2.24, 2.45) is 0 Å². The summed E-state index contributed by atoms with van der Waals surface area (Å²) in [6, 6.07) is 3.77. The third-order valence-corrected chi connectivity index (χ3v) is 4.73. The van der Waals surface area contributed by atoms with Crippen LogP contribution in [0.1, 0.15) is 23.4 Å². The van der Waals surface area contributed by atoms with Gasteiger partial charge in [0.05, 0.1) is 4.88 Å². The molecule has 0 saturated heterocycles. The van der Waals surface area contributed by atoms with Gasteiger partial charge in [0.15, 0.2) is 5.82 Å². The van der Waals surface area contributed by atoms with Gasteiger partial charge in [0.2, 0.25) is 5.82 Å². The number of amides is 1. The zero-order valence-corrected chi connectivity index (χ0v) is 13.7. The predicted octanol–water partition coefficient (Wildman–Crippen LogP) is 0.680. The maximum absolute atomic E-state index is 12.4. The molecule has 0 bridgehead atoms. The molecule has 1 amide bonds. The van der Waals surface area contributed by atoms with Gasteiger partial charge in [-0.05, 0) is 18.4 Å². The number of fused-ring (bicyclic) bond motifs is 1. The van der Waals surface area contributed by atoms with Crippen molar-refractivity contribution in [1.82, 2.24) is 29.4 Å². The first-order valence-electron chi connectivity index (χ1n) is 7.50. The Morgan fingerprint density at radius 3 is 2.96 bits per heavy atom. The van der Waals surface area contributed by atoms with Crippen molar-refractivity contribution in [3.63, 3.8) is 0 Å². The van der Waals surface area contributed by atoms with E-state index in [1.165, 1.54) is 20.6 Å². The topological polar surface area (TPSA) is 99.0 Å². The Labute approximate surface area is 140 Å². The lowest BCUT2D eigenvalue weighted by Crippen LogP contribution is -2.42. The van der Waals surface area contributed by atoms with E-state index in [4.69, 9.17) is 4.52 Å². The molecule has 9 nitrogen and oxygen atoms in total. The van der Waals surface area contributed by atoms with Crippen molar-refractivity contribution in [2.75, 3.05) is 13.1 Å². The highest BCUT2D eigenvalue weighted by atomic mass is 32.1. The summed E-state index contributed by atoms with van der Waals surface area (Å²) in [4.78, 5) is 31.5. The Morgan fingerprint density at radius 2 is 2.21 bits per heavy atom. The Bertz CT molecular complexity index is 938. The van der Waals surface area contributed by atoms with Gasteiger partial charge in [-0.15, -0.1) is 16.4 Å². The first kappa shape index (κ1) is 14.8. The highest BCUT2D eigenvalue weighted by Crippen LogP contribution is 2.22. The number of carbonyl (C=O) groups is 1. The quantitative estimate of drug-likeness (QED) is 0.689. The molecule has 1 aliphatic heterocycles. The van der Waals surface area contributed by atoms with Crippen LogP contribution >= 0.6 is 11.3 Å². The molecule has 3 aromatic rings. The number of nitrogens with zero attached hydrogens (tertiary/aromatic N) is 6. The third kappa shape index (κ3) is 2.35. The summed E-state index contributed by atoms with van der Waals surface area (Å²) in [6.07, 6.45) is 0. The minimum atomic E-state index is -0.337. The molecule has 10 heteroatoms. The first-order chi connectivity index (χ1) is 11.7. The van der Waals surface area contributed by atoms with Gasteiger partial charge in [0.1, 0.15) is 6.54 Å². The molecule has 0 unspecified atom stereocenters. The molecule has 0 saturated carbocycles. The number of carbonyl (C=O) groups excluding carboxylic acids is 1. The van der Waals surface area contributed by atoms with Crippen molar-refractivity contribution in [2.45, 2.75) is 20.0 Å². The minimum Gasteiger partial charge on any atom is -0.334 e. The minimum absolute atomic E-state index is 0.0626. The lowest BCUT2D eigenvalue weighted by Gasteiger charge is -2.24. The van der Waals surface area contributed by atoms with Crippen LogP contribution in [-0.2, 0) is 13.1 Å². The maximum Gasteiger partial charge on any atom is 0.346 e. The molecule has 4 heterocycles. The second-order valence-electron chi connectivity index (χ2n) is 5.29. The highest BCUT2D eigenvalue weighted by Gasteiger charge is 2.28. The lowest BCUT2D eigenvalue weighted by molar-refractivity contribution is 0.0705. The Kier molecular flexibility index (Phi) is 3.53. The standard InChI is InChI=1S/C14H14N6O3S/c1-2-18-5-6-19-11(13(18)21)16-20(14(19)22)8-10-15-12(23-17-10)9-4-3-7-24-9/h3-4,7H,2,5-6,8H2,1H3. The summed E-state index contributed by atoms with van der Waals surface area (Å²) in [6.45, 7) is 3.51. The third-order valence-electron chi connectivity index (χ3n) is 3.87. The number of thiophene rings is 1. The summed E-state index contributed by atoms with van der Waals surface area (Å²) in [7, 11) is 0. The number of hydrogen-bond donors (Lipinski definition) is 0. The van der Waals surface area contributed by atoms with Gasteiger partial charge in [0.25, 0.3) is 11.8 Å². The van der Waals surface area contributed by atoms with E-state index in [-0.39, 0.29) is 24.0 Å². The van der Waals surface area contributed by atoms with E-state index in [0.717, 1.165) is 4.88 Å². The average Bonchev–Trinajstić information content (AvgIpc) is 3.30. The summed E-state index contributed by atoms with van der Waals surface area (Å²) in [5, 5.41) is 9.95. The Balaban J connectivity index is 1.62. The number of hydrogen-bond acceptors (Lipinski definition) is 7. The van der Waals surface area contributed by atoms with Crippen molar-refractivity contribution < 1.29 is 9.32 Å². The summed E-state index contributed by atoms with van der Waals surface area (Å²) in [5.74, 6) is 0.683. The molecule has 3 aromatic heterocycles. The van der Waals surface area contributed by atoms with Crippen LogP contribution in [0.5, 0.6) is 0 Å². The molecule has 0 radical (unpaired) electrons. The SMILES string of the molecule is CCN1CCn2c(nn(Cc3noc(-c4cccs4)n3)c2=O)C1=O. The van der Waals surface area contributed by atoms with Crippen LogP contribution in [0.25, 0.3) is 10.8 Å². The van der Waals surface area contributed by atoms with Gasteiger partial charge in [-0.3, -0.25) is 9.36 Å². The van der Waals surface area contributed by atoms with Crippen LogP contribution in [0.2, 0.25) is 0 Å². The molecule has 0 N–H and O–H groups in total. The van der Waals surface area contributed by atoms with Crippen molar-refractivity contribution >= 4 is 17.2 Å². The van der Waals surface area contributed by atoms with Gasteiger partial charge in [-0.1, -0.05) is 11.2 Å². The molecule has 0 aliphatic carbocycles. The van der Waals surface area contributed by atoms with Crippen LogP contribution in [0.15, 0.2) is 26.8 Å². The van der Waals surface area contributed by atoms with Gasteiger partial charge in [-0.2, -0.15) is 4.98 Å². The molecule has 1 aliphatic rings. The smallest absolute Gasteiger partial charge is 0.334 e. The van der Waals surface area contributed by atoms with Gasteiger partial charge in [0, 0.05) is 19.6 Å². The summed E-state index contributed by atoms with van der Waals surface area (Å²) < 4.78 is 7.80. The number of likely N-dealkylation sites (N-methyl/N-ethyl adjacent to an activating group) is 1. The largest absolute Gasteiger partial charge is 0.346 e. The molecule has 0 atom stereocenters.